The molecule has 8 heteroatoms. The number of rotatable bonds is 7. The lowest BCUT2D eigenvalue weighted by molar-refractivity contribution is 0.0930. The van der Waals surface area contributed by atoms with E-state index in [2.05, 4.69) is 39.3 Å². The molecule has 3 heterocycles. The first kappa shape index (κ1) is 24.3. The van der Waals surface area contributed by atoms with Gasteiger partial charge < -0.3 is 14.5 Å². The van der Waals surface area contributed by atoms with Crippen molar-refractivity contribution < 1.29 is 4.79 Å². The maximum Gasteiger partial charge on any atom is 0.251 e. The van der Waals surface area contributed by atoms with Gasteiger partial charge in [0.25, 0.3) is 5.91 Å². The molecule has 2 N–H and O–H groups in total. The zero-order valence-electron chi connectivity index (χ0n) is 21.9. The van der Waals surface area contributed by atoms with Crippen LogP contribution in [0.5, 0.6) is 0 Å². The van der Waals surface area contributed by atoms with Crippen molar-refractivity contribution in [2.45, 2.75) is 58.0 Å². The molecule has 38 heavy (non-hydrogen) atoms. The fourth-order valence-corrected chi connectivity index (χ4v) is 5.49. The Kier molecular flexibility index (Phi) is 6.39. The summed E-state index contributed by atoms with van der Waals surface area (Å²) < 4.78 is 3.65. The number of amides is 1. The molecule has 4 aromatic rings. The van der Waals surface area contributed by atoms with Gasteiger partial charge >= 0.3 is 0 Å². The number of nitrogens with one attached hydrogen (secondary N) is 2. The van der Waals surface area contributed by atoms with Crippen LogP contribution in [0.4, 0.5) is 0 Å². The molecule has 0 radical (unpaired) electrons. The summed E-state index contributed by atoms with van der Waals surface area (Å²) in [6.07, 6.45) is 13.6. The van der Waals surface area contributed by atoms with Crippen LogP contribution in [0.25, 0.3) is 11.3 Å². The van der Waals surface area contributed by atoms with Gasteiger partial charge in [-0.15, -0.1) is 0 Å². The highest BCUT2D eigenvalue weighted by atomic mass is 16.1. The molecule has 2 aliphatic carbocycles. The number of imidazole rings is 1. The van der Waals surface area contributed by atoms with E-state index in [1.807, 2.05) is 48.4 Å². The van der Waals surface area contributed by atoms with E-state index in [1.165, 1.54) is 5.56 Å². The number of hydrogen-bond acceptors (Lipinski definition) is 5. The van der Waals surface area contributed by atoms with Gasteiger partial charge in [-0.25, -0.2) is 9.97 Å². The van der Waals surface area contributed by atoms with Gasteiger partial charge in [0.2, 0.25) is 5.62 Å². The Hall–Kier alpha value is -4.07. The Morgan fingerprint density at radius 2 is 1.95 bits per heavy atom. The number of carbonyl (C=O) groups excluding carboxylic acids is 1. The van der Waals surface area contributed by atoms with Gasteiger partial charge in [0.15, 0.2) is 0 Å². The van der Waals surface area contributed by atoms with Gasteiger partial charge in [-0.3, -0.25) is 15.2 Å². The van der Waals surface area contributed by atoms with Crippen LogP contribution in [0.15, 0.2) is 55.2 Å². The summed E-state index contributed by atoms with van der Waals surface area (Å²) in [5.41, 5.74) is 8.15. The van der Waals surface area contributed by atoms with Gasteiger partial charge in [0, 0.05) is 42.5 Å². The molecule has 194 valence electrons. The highest BCUT2D eigenvalue weighted by Crippen LogP contribution is 2.41. The van der Waals surface area contributed by atoms with Gasteiger partial charge in [0.1, 0.15) is 6.33 Å². The van der Waals surface area contributed by atoms with E-state index in [1.54, 1.807) is 10.9 Å². The third kappa shape index (κ3) is 4.90. The van der Waals surface area contributed by atoms with Crippen LogP contribution in [0.1, 0.15) is 70.2 Å². The van der Waals surface area contributed by atoms with E-state index in [-0.39, 0.29) is 11.9 Å². The van der Waals surface area contributed by atoms with Crippen LogP contribution >= 0.6 is 0 Å². The van der Waals surface area contributed by atoms with Crippen molar-refractivity contribution in [3.63, 3.8) is 0 Å². The maximum absolute atomic E-state index is 13.8. The number of nitrogens with zero attached hydrogens (tertiary/aromatic N) is 5. The molecule has 1 aromatic carbocycles. The van der Waals surface area contributed by atoms with Crippen LogP contribution in [0.3, 0.4) is 0 Å². The first-order valence-electron chi connectivity index (χ1n) is 13.4. The van der Waals surface area contributed by atoms with Crippen LogP contribution < -0.4 is 10.9 Å². The summed E-state index contributed by atoms with van der Waals surface area (Å²) >= 11 is 0. The molecule has 1 atom stereocenters. The summed E-state index contributed by atoms with van der Waals surface area (Å²) in [5.74, 6) is 0.302. The van der Waals surface area contributed by atoms with Crippen molar-refractivity contribution in [2.75, 3.05) is 0 Å². The minimum absolute atomic E-state index is 0.107. The molecule has 0 spiro atoms. The maximum atomic E-state index is 13.8. The summed E-state index contributed by atoms with van der Waals surface area (Å²) in [5, 5.41) is 11.7. The molecule has 1 amide bonds. The van der Waals surface area contributed by atoms with E-state index < -0.39 is 0 Å². The van der Waals surface area contributed by atoms with Gasteiger partial charge in [0.05, 0.1) is 24.0 Å². The van der Waals surface area contributed by atoms with Crippen LogP contribution in [0.2, 0.25) is 0 Å². The number of pyridine rings is 1. The van der Waals surface area contributed by atoms with Gasteiger partial charge in [-0.1, -0.05) is 0 Å². The standard InChI is InChI=1S/C30H33N7O/c1-19-9-10-32-26(13-19)28(21-7-8-21)35-29(38)23-15-20(17-37-12-11-36(2)30(37)31)14-22(16-23)27-24-5-3-4-6-25(24)33-18-34-27/h9-16,18,21,28,31H,3-8,17H2,1-2H3,(H,35,38). The molecular formula is C30H33N7O. The third-order valence-corrected chi connectivity index (χ3v) is 7.72. The molecule has 8 nitrogen and oxygen atoms in total. The van der Waals surface area contributed by atoms with E-state index >= 15 is 0 Å². The van der Waals surface area contributed by atoms with Crippen molar-refractivity contribution in [3.8, 4) is 11.3 Å². The number of hydrogen-bond donors (Lipinski definition) is 2. The number of benzene rings is 1. The quantitative estimate of drug-likeness (QED) is 0.390. The number of fused-ring (bicyclic) bond motifs is 1. The second-order valence-electron chi connectivity index (χ2n) is 10.7. The fraction of sp³-hybridized carbons (Fsp3) is 0.367. The largest absolute Gasteiger partial charge is 0.343 e. The average Bonchev–Trinajstić information content (AvgIpc) is 3.73. The van der Waals surface area contributed by atoms with Crippen molar-refractivity contribution in [1.29, 1.82) is 5.41 Å². The van der Waals surface area contributed by atoms with Crippen LogP contribution in [0, 0.1) is 18.3 Å². The Balaban J connectivity index is 1.39. The summed E-state index contributed by atoms with van der Waals surface area (Å²) in [6.45, 7) is 2.55. The predicted molar refractivity (Wildman–Crippen MR) is 144 cm³/mol. The highest BCUT2D eigenvalue weighted by Gasteiger charge is 2.34. The second kappa shape index (κ2) is 10.0. The topological polar surface area (TPSA) is 101 Å². The SMILES string of the molecule is Cc1ccnc(C(NC(=O)c2cc(Cn3ccn(C)c3=N)cc(-c3ncnc4c3CCCC4)c2)C2CC2)c1. The van der Waals surface area contributed by atoms with E-state index in [0.29, 0.717) is 23.6 Å². The number of carbonyl (C=O) groups is 1. The van der Waals surface area contributed by atoms with E-state index in [0.717, 1.165) is 72.3 Å². The average molecular weight is 508 g/mol. The number of aryl methyl sites for hydroxylation is 3. The van der Waals surface area contributed by atoms with Gasteiger partial charge in [-0.05, 0) is 98.4 Å². The lowest BCUT2D eigenvalue weighted by Gasteiger charge is -2.20. The molecular weight excluding hydrogens is 474 g/mol. The molecule has 3 aromatic heterocycles. The Labute approximate surface area is 222 Å². The highest BCUT2D eigenvalue weighted by molar-refractivity contribution is 5.96. The van der Waals surface area contributed by atoms with E-state index in [9.17, 15) is 4.79 Å². The van der Waals surface area contributed by atoms with Crippen molar-refractivity contribution in [3.05, 3.63) is 94.5 Å². The van der Waals surface area contributed by atoms with E-state index in [4.69, 9.17) is 5.41 Å². The summed E-state index contributed by atoms with van der Waals surface area (Å²) in [7, 11) is 1.86. The predicted octanol–water partition coefficient (Wildman–Crippen LogP) is 4.27. The first-order chi connectivity index (χ1) is 18.5. The Morgan fingerprint density at radius 1 is 1.11 bits per heavy atom. The molecule has 6 rings (SSSR count). The van der Waals surface area contributed by atoms with Gasteiger partial charge in [-0.2, -0.15) is 0 Å². The number of aromatic nitrogens is 5. The molecule has 0 aliphatic heterocycles. The first-order valence-corrected chi connectivity index (χ1v) is 13.4. The monoisotopic (exact) mass is 507 g/mol. The molecule has 1 fully saturated rings. The normalized spacial score (nSPS) is 15.6. The molecule has 0 bridgehead atoms. The smallest absolute Gasteiger partial charge is 0.251 e. The Bertz CT molecular complexity index is 1560. The van der Waals surface area contributed by atoms with Crippen LogP contribution in [-0.4, -0.2) is 30.0 Å². The third-order valence-electron chi connectivity index (χ3n) is 7.72. The Morgan fingerprint density at radius 3 is 2.71 bits per heavy atom. The molecule has 1 unspecified atom stereocenters. The minimum atomic E-state index is -0.111. The summed E-state index contributed by atoms with van der Waals surface area (Å²) in [6, 6.07) is 9.95. The second-order valence-corrected chi connectivity index (χ2v) is 10.7. The lowest BCUT2D eigenvalue weighted by atomic mass is 9.91. The fourth-order valence-electron chi connectivity index (χ4n) is 5.49. The molecule has 1 saturated carbocycles. The summed E-state index contributed by atoms with van der Waals surface area (Å²) in [4.78, 5) is 27.6. The minimum Gasteiger partial charge on any atom is -0.343 e. The van der Waals surface area contributed by atoms with Crippen LogP contribution in [-0.2, 0) is 26.4 Å². The molecule has 2 aliphatic rings. The zero-order valence-corrected chi connectivity index (χ0v) is 21.9. The lowest BCUT2D eigenvalue weighted by Crippen LogP contribution is -2.30. The zero-order chi connectivity index (χ0) is 26.2. The molecule has 0 saturated heterocycles. The van der Waals surface area contributed by atoms with Crippen molar-refractivity contribution in [2.24, 2.45) is 13.0 Å². The van der Waals surface area contributed by atoms with Crippen molar-refractivity contribution >= 4 is 5.91 Å². The van der Waals surface area contributed by atoms with Crippen molar-refractivity contribution in [1.82, 2.24) is 29.4 Å².